The van der Waals surface area contributed by atoms with Gasteiger partial charge in [0.25, 0.3) is 0 Å². The van der Waals surface area contributed by atoms with Gasteiger partial charge in [-0.05, 0) is 44.0 Å². The van der Waals surface area contributed by atoms with Crippen molar-refractivity contribution < 1.29 is 9.59 Å². The number of amides is 2. The van der Waals surface area contributed by atoms with Gasteiger partial charge in [0.2, 0.25) is 11.8 Å². The van der Waals surface area contributed by atoms with Crippen LogP contribution in [0.4, 0.5) is 5.69 Å². The summed E-state index contributed by atoms with van der Waals surface area (Å²) in [6.45, 7) is 6.45. The van der Waals surface area contributed by atoms with Crippen LogP contribution in [0.1, 0.15) is 26.3 Å². The molecule has 1 unspecified atom stereocenters. The van der Waals surface area contributed by atoms with Gasteiger partial charge < -0.3 is 14.8 Å². The van der Waals surface area contributed by atoms with Crippen LogP contribution in [0.3, 0.4) is 0 Å². The number of para-hydroxylation sites is 1. The maximum Gasteiger partial charge on any atom is 0.243 e. The molecule has 0 saturated carbocycles. The molecule has 2 amide bonds. The minimum absolute atomic E-state index is 0.0317. The number of hydrogen-bond donors (Lipinski definition) is 1. The van der Waals surface area contributed by atoms with Crippen molar-refractivity contribution in [3.05, 3.63) is 59.1 Å². The molecule has 0 fully saturated rings. The number of aromatic nitrogens is 3. The van der Waals surface area contributed by atoms with Crippen molar-refractivity contribution in [1.82, 2.24) is 19.7 Å². The molecule has 3 aromatic rings. The zero-order valence-corrected chi connectivity index (χ0v) is 20.8. The topological polar surface area (TPSA) is 80.1 Å². The van der Waals surface area contributed by atoms with E-state index in [2.05, 4.69) is 15.5 Å². The Kier molecular flexibility index (Phi) is 8.52. The van der Waals surface area contributed by atoms with Gasteiger partial charge in [0.1, 0.15) is 0 Å². The molecule has 7 nitrogen and oxygen atoms in total. The monoisotopic (exact) mass is 485 g/mol. The van der Waals surface area contributed by atoms with Gasteiger partial charge >= 0.3 is 0 Å². The number of rotatable bonds is 9. The normalized spacial score (nSPS) is 11.8. The molecule has 2 aromatic carbocycles. The zero-order chi connectivity index (χ0) is 24.0. The summed E-state index contributed by atoms with van der Waals surface area (Å²) in [4.78, 5) is 26.9. The number of benzene rings is 2. The standard InChI is InChI=1S/C24H28ClN5O2S/c1-5-17-10-7-8-13-20(17)26-21(31)15-29(4)23(32)16(3)33-24-28-27-22(30(24)6-2)18-11-9-12-19(25)14-18/h7-14,16H,5-6,15H2,1-4H3,(H,26,31). The largest absolute Gasteiger partial charge is 0.335 e. The predicted octanol–water partition coefficient (Wildman–Crippen LogP) is 4.76. The van der Waals surface area contributed by atoms with Crippen LogP contribution in [0.5, 0.6) is 0 Å². The summed E-state index contributed by atoms with van der Waals surface area (Å²) in [5, 5.41) is 12.3. The molecule has 1 atom stereocenters. The molecular formula is C24H28ClN5O2S. The second kappa shape index (κ2) is 11.3. The van der Waals surface area contributed by atoms with E-state index in [1.54, 1.807) is 13.1 Å². The van der Waals surface area contributed by atoms with Gasteiger partial charge in [-0.3, -0.25) is 9.59 Å². The molecule has 33 heavy (non-hydrogen) atoms. The Hall–Kier alpha value is -2.84. The van der Waals surface area contributed by atoms with Crippen LogP contribution in [-0.4, -0.2) is 50.3 Å². The van der Waals surface area contributed by atoms with E-state index in [0.29, 0.717) is 22.5 Å². The van der Waals surface area contributed by atoms with Crippen LogP contribution < -0.4 is 5.32 Å². The van der Waals surface area contributed by atoms with Gasteiger partial charge in [-0.2, -0.15) is 0 Å². The minimum Gasteiger partial charge on any atom is -0.335 e. The first kappa shape index (κ1) is 24.8. The second-order valence-corrected chi connectivity index (χ2v) is 9.32. The number of nitrogens with one attached hydrogen (secondary N) is 1. The third kappa shape index (κ3) is 6.15. The van der Waals surface area contributed by atoms with Crippen molar-refractivity contribution in [3.8, 4) is 11.4 Å². The van der Waals surface area contributed by atoms with Crippen LogP contribution in [0.25, 0.3) is 11.4 Å². The summed E-state index contributed by atoms with van der Waals surface area (Å²) >= 11 is 7.44. The van der Waals surface area contributed by atoms with Crippen LogP contribution in [0.15, 0.2) is 53.7 Å². The minimum atomic E-state index is -0.438. The van der Waals surface area contributed by atoms with Crippen LogP contribution in [0.2, 0.25) is 5.02 Å². The molecule has 0 aliphatic rings. The third-order valence-electron chi connectivity index (χ3n) is 5.18. The number of thioether (sulfide) groups is 1. The van der Waals surface area contributed by atoms with Gasteiger partial charge in [-0.15, -0.1) is 10.2 Å². The summed E-state index contributed by atoms with van der Waals surface area (Å²) < 4.78 is 1.95. The molecule has 0 saturated heterocycles. The van der Waals surface area contributed by atoms with E-state index in [1.807, 2.05) is 67.8 Å². The van der Waals surface area contributed by atoms with E-state index in [-0.39, 0.29) is 18.4 Å². The molecule has 0 aliphatic carbocycles. The highest BCUT2D eigenvalue weighted by molar-refractivity contribution is 8.00. The second-order valence-electron chi connectivity index (χ2n) is 7.57. The third-order valence-corrected chi connectivity index (χ3v) is 6.48. The first-order valence-electron chi connectivity index (χ1n) is 10.8. The molecule has 0 aliphatic heterocycles. The van der Waals surface area contributed by atoms with E-state index >= 15 is 0 Å². The Morgan fingerprint density at radius 2 is 1.91 bits per heavy atom. The van der Waals surface area contributed by atoms with E-state index in [0.717, 1.165) is 23.2 Å². The van der Waals surface area contributed by atoms with E-state index in [4.69, 9.17) is 11.6 Å². The molecule has 0 spiro atoms. The first-order valence-corrected chi connectivity index (χ1v) is 12.1. The smallest absolute Gasteiger partial charge is 0.243 e. The fourth-order valence-corrected chi connectivity index (χ4v) is 4.67. The number of hydrogen-bond acceptors (Lipinski definition) is 5. The Bertz CT molecular complexity index is 1130. The molecule has 174 valence electrons. The first-order chi connectivity index (χ1) is 15.8. The SMILES string of the molecule is CCc1ccccc1NC(=O)CN(C)C(=O)C(C)Sc1nnc(-c2cccc(Cl)c2)n1CC. The number of nitrogens with zero attached hydrogens (tertiary/aromatic N) is 4. The summed E-state index contributed by atoms with van der Waals surface area (Å²) in [5.41, 5.74) is 2.69. The lowest BCUT2D eigenvalue weighted by molar-refractivity contribution is -0.132. The fraction of sp³-hybridized carbons (Fsp3) is 0.333. The van der Waals surface area contributed by atoms with Gasteiger partial charge in [0.05, 0.1) is 11.8 Å². The maximum atomic E-state index is 12.9. The average molecular weight is 486 g/mol. The molecular weight excluding hydrogens is 458 g/mol. The predicted molar refractivity (Wildman–Crippen MR) is 134 cm³/mol. The highest BCUT2D eigenvalue weighted by Gasteiger charge is 2.24. The average Bonchev–Trinajstić information content (AvgIpc) is 3.21. The molecule has 0 radical (unpaired) electrons. The van der Waals surface area contributed by atoms with Gasteiger partial charge in [-0.25, -0.2) is 0 Å². The fourth-order valence-electron chi connectivity index (χ4n) is 3.45. The number of carbonyl (C=O) groups is 2. The highest BCUT2D eigenvalue weighted by atomic mass is 35.5. The molecule has 1 N–H and O–H groups in total. The maximum absolute atomic E-state index is 12.9. The Morgan fingerprint density at radius 1 is 1.15 bits per heavy atom. The summed E-state index contributed by atoms with van der Waals surface area (Å²) in [7, 11) is 1.63. The molecule has 0 bridgehead atoms. The van der Waals surface area contributed by atoms with Crippen LogP contribution >= 0.6 is 23.4 Å². The number of likely N-dealkylation sites (N-methyl/N-ethyl adjacent to an activating group) is 1. The number of halogens is 1. The van der Waals surface area contributed by atoms with Crippen molar-refractivity contribution in [1.29, 1.82) is 0 Å². The van der Waals surface area contributed by atoms with Crippen molar-refractivity contribution in [2.75, 3.05) is 18.9 Å². The number of anilines is 1. The van der Waals surface area contributed by atoms with Gasteiger partial charge in [-0.1, -0.05) is 60.6 Å². The lowest BCUT2D eigenvalue weighted by Gasteiger charge is -2.21. The zero-order valence-electron chi connectivity index (χ0n) is 19.2. The summed E-state index contributed by atoms with van der Waals surface area (Å²) in [5.74, 6) is 0.308. The lowest BCUT2D eigenvalue weighted by atomic mass is 10.1. The van der Waals surface area contributed by atoms with Gasteiger partial charge in [0, 0.05) is 29.9 Å². The Labute approximate surface area is 203 Å². The van der Waals surface area contributed by atoms with E-state index < -0.39 is 5.25 Å². The highest BCUT2D eigenvalue weighted by Crippen LogP contribution is 2.28. The molecule has 1 aromatic heterocycles. The lowest BCUT2D eigenvalue weighted by Crippen LogP contribution is -2.39. The Balaban J connectivity index is 1.64. The van der Waals surface area contributed by atoms with Crippen molar-refractivity contribution in [2.45, 2.75) is 44.1 Å². The van der Waals surface area contributed by atoms with Crippen molar-refractivity contribution in [3.63, 3.8) is 0 Å². The van der Waals surface area contributed by atoms with E-state index in [1.165, 1.54) is 16.7 Å². The number of carbonyl (C=O) groups excluding carboxylic acids is 2. The summed E-state index contributed by atoms with van der Waals surface area (Å²) in [6.07, 6.45) is 0.814. The number of aryl methyl sites for hydroxylation is 1. The van der Waals surface area contributed by atoms with E-state index in [9.17, 15) is 9.59 Å². The van der Waals surface area contributed by atoms with Crippen molar-refractivity contribution >= 4 is 40.9 Å². The quantitative estimate of drug-likeness (QED) is 0.442. The van der Waals surface area contributed by atoms with Gasteiger partial charge in [0.15, 0.2) is 11.0 Å². The molecule has 1 heterocycles. The molecule has 9 heteroatoms. The molecule has 3 rings (SSSR count). The van der Waals surface area contributed by atoms with Crippen molar-refractivity contribution in [2.24, 2.45) is 0 Å². The Morgan fingerprint density at radius 3 is 2.61 bits per heavy atom. The summed E-state index contributed by atoms with van der Waals surface area (Å²) in [6, 6.07) is 15.1. The van der Waals surface area contributed by atoms with Crippen LogP contribution in [0, 0.1) is 0 Å². The van der Waals surface area contributed by atoms with Crippen LogP contribution in [-0.2, 0) is 22.6 Å².